The van der Waals surface area contributed by atoms with E-state index >= 15 is 0 Å². The van der Waals surface area contributed by atoms with Gasteiger partial charge in [0.15, 0.2) is 0 Å². The van der Waals surface area contributed by atoms with Crippen LogP contribution in [0.15, 0.2) is 28.9 Å². The zero-order valence-corrected chi connectivity index (χ0v) is 13.1. The highest BCUT2D eigenvalue weighted by atomic mass is 79.9. The van der Waals surface area contributed by atoms with Gasteiger partial charge in [-0.2, -0.15) is 0 Å². The highest BCUT2D eigenvalue weighted by molar-refractivity contribution is 9.10. The van der Waals surface area contributed by atoms with E-state index in [1.807, 2.05) is 17.7 Å². The lowest BCUT2D eigenvalue weighted by Gasteiger charge is -2.11. The van der Waals surface area contributed by atoms with E-state index in [-0.39, 0.29) is 5.82 Å². The van der Waals surface area contributed by atoms with Gasteiger partial charge in [-0.15, -0.1) is 0 Å². The number of nitrogens with zero attached hydrogens (tertiary/aromatic N) is 2. The van der Waals surface area contributed by atoms with Crippen LogP contribution in [0, 0.1) is 12.7 Å². The molecule has 0 bridgehead atoms. The second-order valence-corrected chi connectivity index (χ2v) is 5.35. The number of imidazole rings is 1. The maximum absolute atomic E-state index is 13.1. The Kier molecular flexibility index (Phi) is 5.14. The van der Waals surface area contributed by atoms with Gasteiger partial charge in [0.1, 0.15) is 5.82 Å². The molecule has 0 saturated heterocycles. The molecule has 0 aliphatic rings. The van der Waals surface area contributed by atoms with Crippen molar-refractivity contribution in [2.75, 3.05) is 19.0 Å². The lowest BCUT2D eigenvalue weighted by atomic mass is 10.3. The fourth-order valence-corrected chi connectivity index (χ4v) is 2.36. The van der Waals surface area contributed by atoms with Crippen molar-refractivity contribution in [1.29, 1.82) is 0 Å². The van der Waals surface area contributed by atoms with E-state index in [2.05, 4.69) is 26.2 Å². The molecule has 0 aliphatic carbocycles. The van der Waals surface area contributed by atoms with Crippen LogP contribution in [0.5, 0.6) is 0 Å². The smallest absolute Gasteiger partial charge is 0.207 e. The third-order valence-corrected chi connectivity index (χ3v) is 3.48. The van der Waals surface area contributed by atoms with Gasteiger partial charge in [0.2, 0.25) is 5.95 Å². The molecule has 1 heterocycles. The summed E-state index contributed by atoms with van der Waals surface area (Å²) in [4.78, 5) is 4.44. The number of nitrogens with one attached hydrogen (secondary N) is 1. The van der Waals surface area contributed by atoms with Crippen LogP contribution in [0.25, 0.3) is 0 Å². The average molecular weight is 342 g/mol. The Morgan fingerprint density at radius 2 is 2.25 bits per heavy atom. The largest absolute Gasteiger partial charge is 0.385 e. The first kappa shape index (κ1) is 15.0. The first-order valence-corrected chi connectivity index (χ1v) is 7.14. The third-order valence-electron chi connectivity index (χ3n) is 2.82. The molecule has 0 radical (unpaired) electrons. The van der Waals surface area contributed by atoms with Crippen LogP contribution in [-0.2, 0) is 11.3 Å². The second-order valence-electron chi connectivity index (χ2n) is 4.49. The van der Waals surface area contributed by atoms with Gasteiger partial charge in [0.25, 0.3) is 0 Å². The van der Waals surface area contributed by atoms with Crippen LogP contribution in [-0.4, -0.2) is 23.3 Å². The zero-order valence-electron chi connectivity index (χ0n) is 11.5. The van der Waals surface area contributed by atoms with Gasteiger partial charge < -0.3 is 14.6 Å². The number of rotatable bonds is 6. The summed E-state index contributed by atoms with van der Waals surface area (Å²) in [5.74, 6) is 0.466. The van der Waals surface area contributed by atoms with E-state index in [1.165, 1.54) is 12.1 Å². The molecule has 108 valence electrons. The number of halogens is 2. The minimum absolute atomic E-state index is 0.276. The lowest BCUT2D eigenvalue weighted by molar-refractivity contribution is 0.190. The van der Waals surface area contributed by atoms with Crippen LogP contribution in [0.4, 0.5) is 16.0 Å². The van der Waals surface area contributed by atoms with Gasteiger partial charge >= 0.3 is 0 Å². The average Bonchev–Trinajstić information content (AvgIpc) is 2.73. The van der Waals surface area contributed by atoms with E-state index < -0.39 is 0 Å². The summed E-state index contributed by atoms with van der Waals surface area (Å²) in [6.45, 7) is 3.46. The van der Waals surface area contributed by atoms with E-state index in [1.54, 1.807) is 13.2 Å². The van der Waals surface area contributed by atoms with Crippen molar-refractivity contribution in [2.45, 2.75) is 19.9 Å². The van der Waals surface area contributed by atoms with Gasteiger partial charge in [-0.25, -0.2) is 9.37 Å². The van der Waals surface area contributed by atoms with E-state index in [4.69, 9.17) is 4.74 Å². The summed E-state index contributed by atoms with van der Waals surface area (Å²) in [6.07, 6.45) is 2.89. The van der Waals surface area contributed by atoms with Gasteiger partial charge in [-0.3, -0.25) is 0 Å². The molecule has 0 amide bonds. The first-order valence-electron chi connectivity index (χ1n) is 6.35. The van der Waals surface area contributed by atoms with Crippen LogP contribution in [0.3, 0.4) is 0 Å². The molecular formula is C14H17BrFN3O. The van der Waals surface area contributed by atoms with Crippen molar-refractivity contribution < 1.29 is 9.13 Å². The third kappa shape index (κ3) is 3.80. The summed E-state index contributed by atoms with van der Waals surface area (Å²) in [5.41, 5.74) is 1.72. The number of hydrogen-bond donors (Lipinski definition) is 1. The normalized spacial score (nSPS) is 10.8. The standard InChI is InChI=1S/C14H17BrFN3O/c1-10-9-19(6-3-7-20-2)14(17-10)18-13-5-4-11(16)8-12(13)15/h4-5,8-9H,3,6-7H2,1-2H3,(H,17,18). The van der Waals surface area contributed by atoms with Crippen LogP contribution in [0.1, 0.15) is 12.1 Å². The fourth-order valence-electron chi connectivity index (χ4n) is 1.91. The number of methoxy groups -OCH3 is 1. The van der Waals surface area contributed by atoms with Gasteiger partial charge in [0.05, 0.1) is 11.4 Å². The Labute approximate surface area is 126 Å². The molecule has 0 unspecified atom stereocenters. The molecule has 0 saturated carbocycles. The van der Waals surface area contributed by atoms with Gasteiger partial charge in [-0.05, 0) is 47.5 Å². The lowest BCUT2D eigenvalue weighted by Crippen LogP contribution is -2.05. The molecule has 2 aromatic rings. The predicted molar refractivity (Wildman–Crippen MR) is 80.8 cm³/mol. The van der Waals surface area contributed by atoms with Crippen molar-refractivity contribution in [2.24, 2.45) is 0 Å². The highest BCUT2D eigenvalue weighted by Gasteiger charge is 2.08. The molecule has 2 rings (SSSR count). The first-order chi connectivity index (χ1) is 9.60. The molecule has 1 aromatic carbocycles. The van der Waals surface area contributed by atoms with Crippen molar-refractivity contribution in [1.82, 2.24) is 9.55 Å². The molecule has 6 heteroatoms. The van der Waals surface area contributed by atoms with Crippen molar-refractivity contribution in [3.63, 3.8) is 0 Å². The molecular weight excluding hydrogens is 325 g/mol. The molecule has 1 aromatic heterocycles. The highest BCUT2D eigenvalue weighted by Crippen LogP contribution is 2.26. The SMILES string of the molecule is COCCCn1cc(C)nc1Nc1ccc(F)cc1Br. The number of ether oxygens (including phenoxy) is 1. The molecule has 1 N–H and O–H groups in total. The van der Waals surface area contributed by atoms with Crippen molar-refractivity contribution in [3.05, 3.63) is 40.4 Å². The quantitative estimate of drug-likeness (QED) is 0.810. The number of benzene rings is 1. The summed E-state index contributed by atoms with van der Waals surface area (Å²) in [6, 6.07) is 4.52. The topological polar surface area (TPSA) is 39.1 Å². The summed E-state index contributed by atoms with van der Waals surface area (Å²) in [5, 5.41) is 3.21. The number of aromatic nitrogens is 2. The molecule has 0 atom stereocenters. The predicted octanol–water partition coefficient (Wildman–Crippen LogP) is 3.87. The van der Waals surface area contributed by atoms with Crippen molar-refractivity contribution >= 4 is 27.6 Å². The second kappa shape index (κ2) is 6.85. The number of hydrogen-bond acceptors (Lipinski definition) is 3. The molecule has 0 fully saturated rings. The monoisotopic (exact) mass is 341 g/mol. The van der Waals surface area contributed by atoms with Crippen molar-refractivity contribution in [3.8, 4) is 0 Å². The van der Waals surface area contributed by atoms with E-state index in [9.17, 15) is 4.39 Å². The zero-order chi connectivity index (χ0) is 14.5. The van der Waals surface area contributed by atoms with Gasteiger partial charge in [0, 0.05) is 30.9 Å². The van der Waals surface area contributed by atoms with Crippen LogP contribution >= 0.6 is 15.9 Å². The maximum atomic E-state index is 13.1. The minimum atomic E-state index is -0.276. The van der Waals surface area contributed by atoms with E-state index in [0.717, 1.165) is 30.3 Å². The Morgan fingerprint density at radius 3 is 2.95 bits per heavy atom. The minimum Gasteiger partial charge on any atom is -0.385 e. The molecule has 0 spiro atoms. The maximum Gasteiger partial charge on any atom is 0.207 e. The number of anilines is 2. The Bertz CT molecular complexity index is 586. The van der Waals surface area contributed by atoms with E-state index in [0.29, 0.717) is 11.1 Å². The molecule has 20 heavy (non-hydrogen) atoms. The summed E-state index contributed by atoms with van der Waals surface area (Å²) < 4.78 is 20.8. The van der Waals surface area contributed by atoms with Crippen LogP contribution in [0.2, 0.25) is 0 Å². The Hall–Kier alpha value is -1.40. The van der Waals surface area contributed by atoms with Crippen LogP contribution < -0.4 is 5.32 Å². The fraction of sp³-hybridized carbons (Fsp3) is 0.357. The molecule has 0 aliphatic heterocycles. The summed E-state index contributed by atoms with van der Waals surface area (Å²) in [7, 11) is 1.69. The Balaban J connectivity index is 2.15. The summed E-state index contributed by atoms with van der Waals surface area (Å²) >= 11 is 3.34. The Morgan fingerprint density at radius 1 is 1.45 bits per heavy atom. The molecule has 4 nitrogen and oxygen atoms in total. The number of aryl methyl sites for hydroxylation is 2. The van der Waals surface area contributed by atoms with Gasteiger partial charge in [-0.1, -0.05) is 0 Å².